The van der Waals surface area contributed by atoms with Crippen LogP contribution < -0.4 is 5.32 Å². The number of anilines is 2. The van der Waals surface area contributed by atoms with Gasteiger partial charge in [0.15, 0.2) is 0 Å². The van der Waals surface area contributed by atoms with Crippen LogP contribution in [0.3, 0.4) is 0 Å². The van der Waals surface area contributed by atoms with Gasteiger partial charge in [-0.3, -0.25) is 14.8 Å². The number of carbonyl (C=O) groups is 1. The molecule has 3 aromatic rings. The number of hydrogen-bond donors (Lipinski definition) is 1. The Bertz CT molecular complexity index is 936. The summed E-state index contributed by atoms with van der Waals surface area (Å²) < 4.78 is 0. The van der Waals surface area contributed by atoms with Gasteiger partial charge >= 0.3 is 0 Å². The Kier molecular flexibility index (Phi) is 5.99. The first kappa shape index (κ1) is 18.9. The summed E-state index contributed by atoms with van der Waals surface area (Å²) >= 11 is 0. The van der Waals surface area contributed by atoms with E-state index in [0.717, 1.165) is 44.6 Å². The van der Waals surface area contributed by atoms with Crippen LogP contribution in [0.15, 0.2) is 55.5 Å². The van der Waals surface area contributed by atoms with Crippen LogP contribution in [-0.2, 0) is 6.42 Å². The number of aromatic nitrogens is 5. The molecule has 4 heterocycles. The molecular formula is C21H23N7O. The van der Waals surface area contributed by atoms with Crippen molar-refractivity contribution in [1.82, 2.24) is 29.8 Å². The Morgan fingerprint density at radius 3 is 2.66 bits per heavy atom. The summed E-state index contributed by atoms with van der Waals surface area (Å²) in [5.74, 6) is 1.88. The second-order valence-electron chi connectivity index (χ2n) is 7.15. The van der Waals surface area contributed by atoms with Crippen molar-refractivity contribution in [2.24, 2.45) is 5.92 Å². The summed E-state index contributed by atoms with van der Waals surface area (Å²) in [5.41, 5.74) is 1.63. The van der Waals surface area contributed by atoms with Gasteiger partial charge in [0.2, 0.25) is 0 Å². The molecular weight excluding hydrogens is 366 g/mol. The molecule has 8 nitrogen and oxygen atoms in total. The van der Waals surface area contributed by atoms with E-state index in [4.69, 9.17) is 0 Å². The second kappa shape index (κ2) is 9.18. The Labute approximate surface area is 169 Å². The SMILES string of the molecule is O=C(c1cnccn1)N1CCC[C@H](CCc2ccnc(Nc3cnccn3)c2)C1. The summed E-state index contributed by atoms with van der Waals surface area (Å²) in [7, 11) is 0. The number of likely N-dealkylation sites (tertiary alicyclic amines) is 1. The van der Waals surface area contributed by atoms with Crippen LogP contribution in [0.5, 0.6) is 0 Å². The van der Waals surface area contributed by atoms with E-state index in [-0.39, 0.29) is 5.91 Å². The van der Waals surface area contributed by atoms with E-state index >= 15 is 0 Å². The molecule has 0 bridgehead atoms. The Morgan fingerprint density at radius 2 is 1.86 bits per heavy atom. The predicted octanol–water partition coefficient (Wildman–Crippen LogP) is 2.89. The quantitative estimate of drug-likeness (QED) is 0.692. The zero-order valence-corrected chi connectivity index (χ0v) is 16.1. The third kappa shape index (κ3) is 5.10. The van der Waals surface area contributed by atoms with Gasteiger partial charge in [-0.05, 0) is 49.3 Å². The lowest BCUT2D eigenvalue weighted by molar-refractivity contribution is 0.0662. The normalized spacial score (nSPS) is 16.4. The van der Waals surface area contributed by atoms with Gasteiger partial charge in [0.1, 0.15) is 17.3 Å². The second-order valence-corrected chi connectivity index (χ2v) is 7.15. The summed E-state index contributed by atoms with van der Waals surface area (Å²) in [6.45, 7) is 1.55. The van der Waals surface area contributed by atoms with Gasteiger partial charge in [0.05, 0.1) is 12.4 Å². The number of aryl methyl sites for hydroxylation is 1. The highest BCUT2D eigenvalue weighted by molar-refractivity contribution is 5.92. The van der Waals surface area contributed by atoms with E-state index in [1.807, 2.05) is 17.0 Å². The fourth-order valence-electron chi connectivity index (χ4n) is 3.62. The van der Waals surface area contributed by atoms with E-state index < -0.39 is 0 Å². The highest BCUT2D eigenvalue weighted by Crippen LogP contribution is 2.23. The van der Waals surface area contributed by atoms with Crippen molar-refractivity contribution in [3.05, 3.63) is 66.8 Å². The number of nitrogens with one attached hydrogen (secondary N) is 1. The Hall–Kier alpha value is -3.42. The summed E-state index contributed by atoms with van der Waals surface area (Å²) in [5, 5.41) is 3.17. The fraction of sp³-hybridized carbons (Fsp3) is 0.333. The minimum atomic E-state index is -0.0258. The summed E-state index contributed by atoms with van der Waals surface area (Å²) in [6, 6.07) is 4.08. The molecule has 1 saturated heterocycles. The van der Waals surface area contributed by atoms with Gasteiger partial charge in [-0.1, -0.05) is 0 Å². The molecule has 0 unspecified atom stereocenters. The number of piperidine rings is 1. The van der Waals surface area contributed by atoms with Gasteiger partial charge in [-0.25, -0.2) is 15.0 Å². The van der Waals surface area contributed by atoms with Crippen molar-refractivity contribution >= 4 is 17.5 Å². The topological polar surface area (TPSA) is 96.8 Å². The fourth-order valence-corrected chi connectivity index (χ4v) is 3.62. The molecule has 1 aliphatic rings. The number of nitrogens with zero attached hydrogens (tertiary/aromatic N) is 6. The minimum Gasteiger partial charge on any atom is -0.337 e. The van der Waals surface area contributed by atoms with Crippen molar-refractivity contribution in [1.29, 1.82) is 0 Å². The average molecular weight is 389 g/mol. The molecule has 1 atom stereocenters. The zero-order valence-electron chi connectivity index (χ0n) is 16.1. The Morgan fingerprint density at radius 1 is 1.03 bits per heavy atom. The molecule has 1 N–H and O–H groups in total. The van der Waals surface area contributed by atoms with Crippen molar-refractivity contribution < 1.29 is 4.79 Å². The molecule has 0 saturated carbocycles. The standard InChI is InChI=1S/C21H23N7O/c29-21(18-13-22-7-9-24-18)28-11-1-2-17(15-28)4-3-16-5-6-25-19(12-16)27-20-14-23-8-10-26-20/h5-10,12-14,17H,1-4,11,15H2,(H,25,26,27)/t17-/m1/s1. The third-order valence-electron chi connectivity index (χ3n) is 5.07. The third-order valence-corrected chi connectivity index (χ3v) is 5.07. The average Bonchev–Trinajstić information content (AvgIpc) is 2.79. The van der Waals surface area contributed by atoms with Crippen LogP contribution in [0.1, 0.15) is 35.3 Å². The molecule has 4 rings (SSSR count). The first-order valence-corrected chi connectivity index (χ1v) is 9.81. The maximum absolute atomic E-state index is 12.6. The summed E-state index contributed by atoms with van der Waals surface area (Å²) in [6.07, 6.45) is 15.6. The maximum atomic E-state index is 12.6. The molecule has 1 aliphatic heterocycles. The van der Waals surface area contributed by atoms with Crippen LogP contribution in [0.2, 0.25) is 0 Å². The van der Waals surface area contributed by atoms with E-state index in [1.165, 1.54) is 11.8 Å². The molecule has 29 heavy (non-hydrogen) atoms. The van der Waals surface area contributed by atoms with E-state index in [2.05, 4.69) is 30.2 Å². The molecule has 3 aromatic heterocycles. The molecule has 1 amide bonds. The maximum Gasteiger partial charge on any atom is 0.274 e. The van der Waals surface area contributed by atoms with Crippen molar-refractivity contribution in [3.63, 3.8) is 0 Å². The van der Waals surface area contributed by atoms with Crippen LogP contribution in [0.25, 0.3) is 0 Å². The van der Waals surface area contributed by atoms with Crippen LogP contribution in [-0.4, -0.2) is 48.8 Å². The zero-order chi connectivity index (χ0) is 19.9. The van der Waals surface area contributed by atoms with Gasteiger partial charge in [0, 0.05) is 44.1 Å². The predicted molar refractivity (Wildman–Crippen MR) is 109 cm³/mol. The number of hydrogen-bond acceptors (Lipinski definition) is 7. The number of carbonyl (C=O) groups excluding carboxylic acids is 1. The first-order valence-electron chi connectivity index (χ1n) is 9.81. The molecule has 0 radical (unpaired) electrons. The highest BCUT2D eigenvalue weighted by atomic mass is 16.2. The lowest BCUT2D eigenvalue weighted by atomic mass is 9.91. The van der Waals surface area contributed by atoms with Gasteiger partial charge < -0.3 is 10.2 Å². The van der Waals surface area contributed by atoms with Gasteiger partial charge in [0.25, 0.3) is 5.91 Å². The van der Waals surface area contributed by atoms with Crippen molar-refractivity contribution in [2.75, 3.05) is 18.4 Å². The van der Waals surface area contributed by atoms with Crippen LogP contribution in [0.4, 0.5) is 11.6 Å². The molecule has 8 heteroatoms. The molecule has 0 aliphatic carbocycles. The number of rotatable bonds is 6. The largest absolute Gasteiger partial charge is 0.337 e. The van der Waals surface area contributed by atoms with Crippen molar-refractivity contribution in [2.45, 2.75) is 25.7 Å². The van der Waals surface area contributed by atoms with E-state index in [1.54, 1.807) is 37.2 Å². The molecule has 148 valence electrons. The van der Waals surface area contributed by atoms with Crippen molar-refractivity contribution in [3.8, 4) is 0 Å². The first-order chi connectivity index (χ1) is 14.3. The van der Waals surface area contributed by atoms with Gasteiger partial charge in [-0.15, -0.1) is 0 Å². The highest BCUT2D eigenvalue weighted by Gasteiger charge is 2.25. The van der Waals surface area contributed by atoms with Gasteiger partial charge in [-0.2, -0.15) is 0 Å². The lowest BCUT2D eigenvalue weighted by Crippen LogP contribution is -2.40. The number of amides is 1. The Balaban J connectivity index is 1.33. The van der Waals surface area contributed by atoms with E-state index in [0.29, 0.717) is 17.4 Å². The number of pyridine rings is 1. The lowest BCUT2D eigenvalue weighted by Gasteiger charge is -2.32. The minimum absolute atomic E-state index is 0.0258. The molecule has 1 fully saturated rings. The molecule has 0 spiro atoms. The van der Waals surface area contributed by atoms with Crippen LogP contribution >= 0.6 is 0 Å². The molecule has 0 aromatic carbocycles. The van der Waals surface area contributed by atoms with E-state index in [9.17, 15) is 4.79 Å². The van der Waals surface area contributed by atoms with Crippen LogP contribution in [0, 0.1) is 5.92 Å². The summed E-state index contributed by atoms with van der Waals surface area (Å²) in [4.78, 5) is 35.3. The smallest absolute Gasteiger partial charge is 0.274 e. The monoisotopic (exact) mass is 389 g/mol.